The first-order valence-corrected chi connectivity index (χ1v) is 7.76. The molecule has 0 aliphatic carbocycles. The van der Waals surface area contributed by atoms with Gasteiger partial charge < -0.3 is 10.1 Å². The summed E-state index contributed by atoms with van der Waals surface area (Å²) in [5.41, 5.74) is 3.56. The lowest BCUT2D eigenvalue weighted by molar-refractivity contribution is 0.410. The topological polar surface area (TPSA) is 21.3 Å². The first-order valence-electron chi connectivity index (χ1n) is 7.38. The van der Waals surface area contributed by atoms with E-state index >= 15 is 0 Å². The molecule has 0 spiro atoms. The van der Waals surface area contributed by atoms with E-state index in [1.165, 1.54) is 18.4 Å². The molecular weight excluding hydrogens is 282 g/mol. The summed E-state index contributed by atoms with van der Waals surface area (Å²) < 4.78 is 5.35. The number of rotatable bonds is 7. The fourth-order valence-electron chi connectivity index (χ4n) is 2.25. The highest BCUT2D eigenvalue weighted by Crippen LogP contribution is 2.23. The van der Waals surface area contributed by atoms with Gasteiger partial charge >= 0.3 is 0 Å². The maximum absolute atomic E-state index is 6.04. The molecule has 1 N–H and O–H groups in total. The van der Waals surface area contributed by atoms with E-state index in [4.69, 9.17) is 16.3 Å². The molecule has 0 saturated carbocycles. The van der Waals surface area contributed by atoms with Crippen LogP contribution in [0.2, 0.25) is 5.02 Å². The molecule has 0 aliphatic rings. The Morgan fingerprint density at radius 1 is 1.10 bits per heavy atom. The van der Waals surface area contributed by atoms with Crippen LogP contribution in [0.4, 0.5) is 5.69 Å². The Balaban J connectivity index is 1.98. The van der Waals surface area contributed by atoms with Crippen molar-refractivity contribution in [1.82, 2.24) is 0 Å². The third-order valence-electron chi connectivity index (χ3n) is 3.50. The Bertz CT molecular complexity index is 566. The molecule has 3 heteroatoms. The molecule has 2 aromatic rings. The Morgan fingerprint density at radius 3 is 2.52 bits per heavy atom. The lowest BCUT2D eigenvalue weighted by atomic mass is 10.1. The molecule has 2 nitrogen and oxygen atoms in total. The third kappa shape index (κ3) is 4.68. The number of aryl methyl sites for hydroxylation is 1. The summed E-state index contributed by atoms with van der Waals surface area (Å²) in [4.78, 5) is 0. The molecule has 112 valence electrons. The van der Waals surface area contributed by atoms with E-state index in [-0.39, 0.29) is 0 Å². The minimum absolute atomic E-state index is 0.692. The van der Waals surface area contributed by atoms with Crippen LogP contribution in [-0.2, 0) is 13.0 Å². The Hall–Kier alpha value is -1.67. The Labute approximate surface area is 132 Å². The fraction of sp³-hybridized carbons (Fsp3) is 0.333. The van der Waals surface area contributed by atoms with Gasteiger partial charge in [-0.2, -0.15) is 0 Å². The van der Waals surface area contributed by atoms with Crippen LogP contribution in [0.15, 0.2) is 42.5 Å². The lowest BCUT2D eigenvalue weighted by Gasteiger charge is -2.11. The molecule has 21 heavy (non-hydrogen) atoms. The molecule has 0 heterocycles. The molecule has 0 aromatic heterocycles. The second kappa shape index (κ2) is 7.94. The number of anilines is 1. The average Bonchev–Trinajstić information content (AvgIpc) is 2.52. The van der Waals surface area contributed by atoms with Gasteiger partial charge in [0.1, 0.15) is 5.75 Å². The number of methoxy groups -OCH3 is 1. The van der Waals surface area contributed by atoms with Crippen molar-refractivity contribution in [1.29, 1.82) is 0 Å². The molecule has 2 rings (SSSR count). The largest absolute Gasteiger partial charge is 0.496 e. The van der Waals surface area contributed by atoms with Gasteiger partial charge in [-0.05, 0) is 48.7 Å². The van der Waals surface area contributed by atoms with Gasteiger partial charge in [-0.3, -0.25) is 0 Å². The van der Waals surface area contributed by atoms with E-state index in [9.17, 15) is 0 Å². The van der Waals surface area contributed by atoms with E-state index in [0.29, 0.717) is 6.54 Å². The van der Waals surface area contributed by atoms with Crippen LogP contribution in [0, 0.1) is 0 Å². The number of halogens is 1. The monoisotopic (exact) mass is 303 g/mol. The molecule has 2 aromatic carbocycles. The van der Waals surface area contributed by atoms with Crippen molar-refractivity contribution in [3.63, 3.8) is 0 Å². The number of unbranched alkanes of at least 4 members (excludes halogenated alkanes) is 1. The average molecular weight is 304 g/mol. The highest BCUT2D eigenvalue weighted by atomic mass is 35.5. The number of nitrogens with one attached hydrogen (secondary N) is 1. The summed E-state index contributed by atoms with van der Waals surface area (Å²) in [7, 11) is 1.68. The summed E-state index contributed by atoms with van der Waals surface area (Å²) in [6, 6.07) is 14.3. The molecule has 0 radical (unpaired) electrons. The molecule has 0 unspecified atom stereocenters. The molecule has 0 atom stereocenters. The van der Waals surface area contributed by atoms with Gasteiger partial charge in [0.25, 0.3) is 0 Å². The maximum Gasteiger partial charge on any atom is 0.123 e. The zero-order valence-corrected chi connectivity index (χ0v) is 13.4. The predicted octanol–water partition coefficient (Wildman–Crippen LogP) is 5.30. The van der Waals surface area contributed by atoms with Crippen LogP contribution in [0.25, 0.3) is 0 Å². The third-order valence-corrected chi connectivity index (χ3v) is 3.73. The maximum atomic E-state index is 6.04. The van der Waals surface area contributed by atoms with Crippen molar-refractivity contribution in [3.05, 3.63) is 58.6 Å². The zero-order valence-electron chi connectivity index (χ0n) is 12.7. The van der Waals surface area contributed by atoms with Crippen molar-refractivity contribution >= 4 is 17.3 Å². The van der Waals surface area contributed by atoms with Gasteiger partial charge in [0.2, 0.25) is 0 Å². The predicted molar refractivity (Wildman–Crippen MR) is 90.4 cm³/mol. The first kappa shape index (κ1) is 15.7. The van der Waals surface area contributed by atoms with Gasteiger partial charge in [-0.1, -0.05) is 37.1 Å². The number of hydrogen-bond acceptors (Lipinski definition) is 2. The zero-order chi connectivity index (χ0) is 15.1. The standard InChI is InChI=1S/C18H22ClNO/c1-3-4-5-14-6-9-17(10-7-14)20-13-15-12-16(19)8-11-18(15)21-2/h6-12,20H,3-5,13H2,1-2H3. The Morgan fingerprint density at radius 2 is 1.86 bits per heavy atom. The minimum atomic E-state index is 0.692. The van der Waals surface area contributed by atoms with E-state index in [2.05, 4.69) is 36.5 Å². The molecule has 0 amide bonds. The first-order chi connectivity index (χ1) is 10.2. The van der Waals surface area contributed by atoms with Crippen LogP contribution in [-0.4, -0.2) is 7.11 Å². The van der Waals surface area contributed by atoms with Crippen molar-refractivity contribution in [2.45, 2.75) is 32.7 Å². The highest BCUT2D eigenvalue weighted by Gasteiger charge is 2.04. The summed E-state index contributed by atoms with van der Waals surface area (Å²) >= 11 is 6.04. The van der Waals surface area contributed by atoms with Crippen LogP contribution in [0.3, 0.4) is 0 Å². The lowest BCUT2D eigenvalue weighted by Crippen LogP contribution is -2.01. The van der Waals surface area contributed by atoms with Crippen LogP contribution in [0.1, 0.15) is 30.9 Å². The van der Waals surface area contributed by atoms with Crippen LogP contribution >= 0.6 is 11.6 Å². The van der Waals surface area contributed by atoms with Crippen molar-refractivity contribution in [2.75, 3.05) is 12.4 Å². The highest BCUT2D eigenvalue weighted by molar-refractivity contribution is 6.30. The van der Waals surface area contributed by atoms with Gasteiger partial charge in [0.15, 0.2) is 0 Å². The SMILES string of the molecule is CCCCc1ccc(NCc2cc(Cl)ccc2OC)cc1. The number of benzene rings is 2. The Kier molecular flexibility index (Phi) is 5.94. The van der Waals surface area contributed by atoms with Crippen LogP contribution in [0.5, 0.6) is 5.75 Å². The molecule has 0 bridgehead atoms. The van der Waals surface area contributed by atoms with E-state index in [1.807, 2.05) is 18.2 Å². The quantitative estimate of drug-likeness (QED) is 0.749. The smallest absolute Gasteiger partial charge is 0.123 e. The van der Waals surface area contributed by atoms with Gasteiger partial charge in [-0.25, -0.2) is 0 Å². The fourth-order valence-corrected chi connectivity index (χ4v) is 2.45. The second-order valence-electron chi connectivity index (χ2n) is 5.11. The summed E-state index contributed by atoms with van der Waals surface area (Å²) in [6.45, 7) is 2.91. The molecular formula is C18H22ClNO. The number of hydrogen-bond donors (Lipinski definition) is 1. The normalized spacial score (nSPS) is 10.4. The summed E-state index contributed by atoms with van der Waals surface area (Å²) in [5, 5.41) is 4.13. The van der Waals surface area contributed by atoms with Gasteiger partial charge in [0.05, 0.1) is 7.11 Å². The summed E-state index contributed by atoms with van der Waals surface area (Å²) in [5.74, 6) is 0.853. The number of ether oxygens (including phenoxy) is 1. The van der Waals surface area contributed by atoms with E-state index in [0.717, 1.165) is 28.4 Å². The second-order valence-corrected chi connectivity index (χ2v) is 5.55. The van der Waals surface area contributed by atoms with Crippen molar-refractivity contribution < 1.29 is 4.74 Å². The minimum Gasteiger partial charge on any atom is -0.496 e. The van der Waals surface area contributed by atoms with E-state index in [1.54, 1.807) is 7.11 Å². The summed E-state index contributed by atoms with van der Waals surface area (Å²) in [6.07, 6.45) is 3.62. The van der Waals surface area contributed by atoms with Crippen molar-refractivity contribution in [3.8, 4) is 5.75 Å². The van der Waals surface area contributed by atoms with Crippen LogP contribution < -0.4 is 10.1 Å². The van der Waals surface area contributed by atoms with Gasteiger partial charge in [0, 0.05) is 22.8 Å². The van der Waals surface area contributed by atoms with Gasteiger partial charge in [-0.15, -0.1) is 0 Å². The molecule has 0 aliphatic heterocycles. The van der Waals surface area contributed by atoms with Crippen molar-refractivity contribution in [2.24, 2.45) is 0 Å². The molecule has 0 fully saturated rings. The van der Waals surface area contributed by atoms with E-state index < -0.39 is 0 Å². The molecule has 0 saturated heterocycles.